The minimum Gasteiger partial charge on any atom is -0.335 e. The fourth-order valence-corrected chi connectivity index (χ4v) is 4.21. The zero-order valence-electron chi connectivity index (χ0n) is 12.4. The Balaban J connectivity index is 2.16. The number of sulfonamides is 1. The number of hydrogen-bond acceptors (Lipinski definition) is 3. The molecule has 0 bridgehead atoms. The van der Waals surface area contributed by atoms with Gasteiger partial charge in [0.1, 0.15) is 5.25 Å². The summed E-state index contributed by atoms with van der Waals surface area (Å²) < 4.78 is 64.4. The molecule has 2 atom stereocenters. The molecule has 1 aliphatic carbocycles. The highest BCUT2D eigenvalue weighted by Crippen LogP contribution is 2.37. The van der Waals surface area contributed by atoms with Crippen LogP contribution in [-0.2, 0) is 10.0 Å². The molecule has 2 fully saturated rings. The Morgan fingerprint density at radius 3 is 2.23 bits per heavy atom. The van der Waals surface area contributed by atoms with Crippen LogP contribution in [0.4, 0.5) is 18.0 Å². The van der Waals surface area contributed by atoms with Crippen molar-refractivity contribution in [3.8, 4) is 0 Å². The largest absolute Gasteiger partial charge is 0.394 e. The third kappa shape index (κ3) is 3.32. The fourth-order valence-electron chi connectivity index (χ4n) is 2.65. The highest BCUT2D eigenvalue weighted by atomic mass is 32.2. The number of carbonyl (C=O) groups excluding carboxylic acids is 1. The van der Waals surface area contributed by atoms with Crippen LogP contribution in [0.15, 0.2) is 0 Å². The molecule has 10 heteroatoms. The lowest BCUT2D eigenvalue weighted by Gasteiger charge is -2.29. The number of rotatable bonds is 3. The molecule has 2 rings (SSSR count). The van der Waals surface area contributed by atoms with Crippen molar-refractivity contribution in [1.82, 2.24) is 14.5 Å². The van der Waals surface area contributed by atoms with Crippen molar-refractivity contribution in [1.29, 1.82) is 0 Å². The topological polar surface area (TPSA) is 69.7 Å². The molecule has 1 N–H and O–H groups in total. The van der Waals surface area contributed by atoms with Gasteiger partial charge in [-0.1, -0.05) is 0 Å². The molecule has 0 aromatic heterocycles. The zero-order chi connectivity index (χ0) is 16.7. The molecular weight excluding hydrogens is 323 g/mol. The third-order valence-corrected chi connectivity index (χ3v) is 6.56. The van der Waals surface area contributed by atoms with Crippen molar-refractivity contribution < 1.29 is 26.4 Å². The number of likely N-dealkylation sites (tertiary alicyclic amines) is 1. The van der Waals surface area contributed by atoms with E-state index in [1.807, 2.05) is 0 Å². The van der Waals surface area contributed by atoms with Gasteiger partial charge in [-0.15, -0.1) is 0 Å². The van der Waals surface area contributed by atoms with Crippen molar-refractivity contribution in [2.75, 3.05) is 27.2 Å². The Labute approximate surface area is 127 Å². The lowest BCUT2D eigenvalue weighted by Crippen LogP contribution is -2.47. The second-order valence-electron chi connectivity index (χ2n) is 6.00. The molecular formula is C12H20F3N3O3S. The molecule has 1 saturated carbocycles. The Hall–Kier alpha value is -1.03. The maximum Gasteiger partial charge on any atom is 0.394 e. The van der Waals surface area contributed by atoms with Gasteiger partial charge in [0.15, 0.2) is 0 Å². The summed E-state index contributed by atoms with van der Waals surface area (Å²) in [7, 11) is -1.72. The number of urea groups is 1. The first-order chi connectivity index (χ1) is 10.0. The molecule has 0 radical (unpaired) electrons. The fraction of sp³-hybridized carbons (Fsp3) is 0.917. The van der Waals surface area contributed by atoms with E-state index < -0.39 is 46.5 Å². The van der Waals surface area contributed by atoms with Gasteiger partial charge < -0.3 is 10.2 Å². The second kappa shape index (κ2) is 5.88. The molecule has 1 aliphatic heterocycles. The zero-order valence-corrected chi connectivity index (χ0v) is 13.2. The third-order valence-electron chi connectivity index (χ3n) is 4.30. The quantitative estimate of drug-likeness (QED) is 0.831. The van der Waals surface area contributed by atoms with Crippen LogP contribution in [0, 0.1) is 5.92 Å². The molecule has 128 valence electrons. The highest BCUT2D eigenvalue weighted by molar-refractivity contribution is 7.89. The van der Waals surface area contributed by atoms with Gasteiger partial charge in [-0.25, -0.2) is 17.5 Å². The van der Waals surface area contributed by atoms with Crippen molar-refractivity contribution in [3.63, 3.8) is 0 Å². The molecule has 0 unspecified atom stereocenters. The van der Waals surface area contributed by atoms with Crippen LogP contribution in [0.1, 0.15) is 19.3 Å². The van der Waals surface area contributed by atoms with Crippen LogP contribution in [0.5, 0.6) is 0 Å². The van der Waals surface area contributed by atoms with Crippen molar-refractivity contribution in [2.24, 2.45) is 5.92 Å². The summed E-state index contributed by atoms with van der Waals surface area (Å²) in [6, 6.07) is -0.628. The standard InChI is InChI=1S/C12H20F3N3O3S/c1-17(2)22(20,21)10-7-18(6-9(10)12(13,14)15)11(19)16-8-4-3-5-8/h8-10H,3-7H2,1-2H3,(H,16,19)/t9-,10-/m1/s1. The first-order valence-electron chi connectivity index (χ1n) is 7.07. The van der Waals surface area contributed by atoms with E-state index >= 15 is 0 Å². The van der Waals surface area contributed by atoms with E-state index in [1.165, 1.54) is 14.1 Å². The number of carbonyl (C=O) groups is 1. The Kier molecular flexibility index (Phi) is 4.63. The number of amides is 2. The monoisotopic (exact) mass is 343 g/mol. The van der Waals surface area contributed by atoms with Gasteiger partial charge in [0.2, 0.25) is 10.0 Å². The average Bonchev–Trinajstić information content (AvgIpc) is 2.78. The number of nitrogens with zero attached hydrogens (tertiary/aromatic N) is 2. The van der Waals surface area contributed by atoms with E-state index in [4.69, 9.17) is 0 Å². The first-order valence-corrected chi connectivity index (χ1v) is 8.57. The van der Waals surface area contributed by atoms with E-state index in [-0.39, 0.29) is 6.04 Å². The van der Waals surface area contributed by atoms with E-state index in [2.05, 4.69) is 5.32 Å². The van der Waals surface area contributed by atoms with Gasteiger partial charge in [-0.2, -0.15) is 13.2 Å². The van der Waals surface area contributed by atoms with Gasteiger partial charge in [-0.05, 0) is 19.3 Å². The lowest BCUT2D eigenvalue weighted by atomic mass is 9.93. The summed E-state index contributed by atoms with van der Waals surface area (Å²) in [6.45, 7) is -1.07. The van der Waals surface area contributed by atoms with E-state index in [0.717, 1.165) is 28.5 Å². The summed E-state index contributed by atoms with van der Waals surface area (Å²) in [4.78, 5) is 13.0. The molecule has 2 aliphatic rings. The number of halogens is 3. The lowest BCUT2D eigenvalue weighted by molar-refractivity contribution is -0.169. The van der Waals surface area contributed by atoms with Gasteiger partial charge in [0.25, 0.3) is 0 Å². The maximum atomic E-state index is 13.1. The molecule has 6 nitrogen and oxygen atoms in total. The van der Waals surface area contributed by atoms with Crippen molar-refractivity contribution in [2.45, 2.75) is 36.7 Å². The predicted octanol–water partition coefficient (Wildman–Crippen LogP) is 1.00. The Morgan fingerprint density at radius 1 is 1.23 bits per heavy atom. The summed E-state index contributed by atoms with van der Waals surface area (Å²) in [5.41, 5.74) is 0. The Bertz CT molecular complexity index is 531. The van der Waals surface area contributed by atoms with Crippen LogP contribution < -0.4 is 5.32 Å². The van der Waals surface area contributed by atoms with Gasteiger partial charge >= 0.3 is 12.2 Å². The summed E-state index contributed by atoms with van der Waals surface area (Å²) >= 11 is 0. The SMILES string of the molecule is CN(C)S(=O)(=O)[C@@H]1CN(C(=O)NC2CCC2)C[C@H]1C(F)(F)F. The van der Waals surface area contributed by atoms with Crippen LogP contribution >= 0.6 is 0 Å². The molecule has 0 spiro atoms. The van der Waals surface area contributed by atoms with Gasteiger partial charge in [-0.3, -0.25) is 0 Å². The van der Waals surface area contributed by atoms with Gasteiger partial charge in [0, 0.05) is 33.2 Å². The Morgan fingerprint density at radius 2 is 1.82 bits per heavy atom. The minimum atomic E-state index is -4.67. The van der Waals surface area contributed by atoms with Crippen molar-refractivity contribution >= 4 is 16.1 Å². The van der Waals surface area contributed by atoms with Crippen LogP contribution in [-0.4, -0.2) is 68.3 Å². The predicted molar refractivity (Wildman–Crippen MR) is 73.7 cm³/mol. The van der Waals surface area contributed by atoms with Crippen LogP contribution in [0.3, 0.4) is 0 Å². The van der Waals surface area contributed by atoms with Crippen LogP contribution in [0.2, 0.25) is 0 Å². The molecule has 0 aromatic rings. The first kappa shape index (κ1) is 17.3. The summed E-state index contributed by atoms with van der Waals surface area (Å²) in [6.07, 6.45) is -2.07. The number of alkyl halides is 3. The molecule has 2 amide bonds. The summed E-state index contributed by atoms with van der Waals surface area (Å²) in [5.74, 6) is -2.06. The second-order valence-corrected chi connectivity index (χ2v) is 8.36. The normalized spacial score (nSPS) is 27.1. The highest BCUT2D eigenvalue weighted by Gasteiger charge is 2.56. The van der Waals surface area contributed by atoms with Crippen molar-refractivity contribution in [3.05, 3.63) is 0 Å². The summed E-state index contributed by atoms with van der Waals surface area (Å²) in [5, 5.41) is 0.985. The number of nitrogens with one attached hydrogen (secondary N) is 1. The van der Waals surface area contributed by atoms with Crippen LogP contribution in [0.25, 0.3) is 0 Å². The molecule has 0 aromatic carbocycles. The van der Waals surface area contributed by atoms with E-state index in [0.29, 0.717) is 0 Å². The molecule has 1 saturated heterocycles. The number of hydrogen-bond donors (Lipinski definition) is 1. The van der Waals surface area contributed by atoms with E-state index in [1.54, 1.807) is 0 Å². The molecule has 1 heterocycles. The minimum absolute atomic E-state index is 0.0126. The smallest absolute Gasteiger partial charge is 0.335 e. The van der Waals surface area contributed by atoms with Gasteiger partial charge in [0.05, 0.1) is 5.92 Å². The average molecular weight is 343 g/mol. The molecule has 22 heavy (non-hydrogen) atoms. The van der Waals surface area contributed by atoms with E-state index in [9.17, 15) is 26.4 Å². The maximum absolute atomic E-state index is 13.1.